The average Bonchev–Trinajstić information content (AvgIpc) is 1.56. The van der Waals surface area contributed by atoms with Crippen LogP contribution in [-0.2, 0) is 95.9 Å². The summed E-state index contributed by atoms with van der Waals surface area (Å²) in [4.78, 5) is 131. The van der Waals surface area contributed by atoms with Crippen molar-refractivity contribution in [3.63, 3.8) is 0 Å². The maximum absolute atomic E-state index is 13.5. The Hall–Kier alpha value is -16.3. The van der Waals surface area contributed by atoms with Crippen LogP contribution in [-0.4, -0.2) is 188 Å². The Bertz CT molecular complexity index is 7720. The van der Waals surface area contributed by atoms with Gasteiger partial charge in [0, 0.05) is 136 Å². The van der Waals surface area contributed by atoms with Crippen molar-refractivity contribution < 1.29 is 96.8 Å². The van der Waals surface area contributed by atoms with Gasteiger partial charge in [-0.1, -0.05) is 93.7 Å². The fraction of sp³-hybridized carbons (Fsp3) is 0.146. The van der Waals surface area contributed by atoms with Crippen LogP contribution in [0, 0.1) is 24.2 Å². The molecule has 0 unspecified atom stereocenters. The van der Waals surface area contributed by atoms with Gasteiger partial charge in [-0.05, 0) is 166 Å². The van der Waals surface area contributed by atoms with Gasteiger partial charge in [0.1, 0.15) is 11.3 Å². The molecule has 0 atom stereocenters. The molecule has 0 saturated carbocycles. The van der Waals surface area contributed by atoms with Crippen molar-refractivity contribution in [3.05, 3.63) is 289 Å². The summed E-state index contributed by atoms with van der Waals surface area (Å²) in [6.45, 7) is 7.68. The van der Waals surface area contributed by atoms with Gasteiger partial charge in [0.25, 0.3) is 41.9 Å². The molecular weight excluding hydrogens is 1750 g/mol. The second-order valence-electron chi connectivity index (χ2n) is 27.8. The quantitative estimate of drug-likeness (QED) is 0.0213. The fourth-order valence-electron chi connectivity index (χ4n) is 14.6. The van der Waals surface area contributed by atoms with Crippen LogP contribution in [0.1, 0.15) is 92.5 Å². The van der Waals surface area contributed by atoms with E-state index in [0.717, 1.165) is 65.2 Å². The first kappa shape index (κ1) is 97.9. The number of carbonyl (C=O) groups is 9. The summed E-state index contributed by atoms with van der Waals surface area (Å²) in [5, 5.41) is 6.00. The van der Waals surface area contributed by atoms with Crippen LogP contribution in [0.5, 0.6) is 0 Å². The molecule has 16 aromatic rings. The smallest absolute Gasteiger partial charge is 0.384 e. The number of rotatable bonds is 13. The summed E-state index contributed by atoms with van der Waals surface area (Å²) in [6, 6.07) is 58.4. The third kappa shape index (κ3) is 19.4. The molecule has 18 rings (SSSR count). The van der Waals surface area contributed by atoms with E-state index in [4.69, 9.17) is 14.2 Å². The molecule has 36 heteroatoms. The Labute approximate surface area is 759 Å². The van der Waals surface area contributed by atoms with E-state index in [2.05, 4.69) is 57.1 Å². The maximum Gasteiger partial charge on any atom is 0.384 e. The zero-order valence-electron chi connectivity index (χ0n) is 71.6. The van der Waals surface area contributed by atoms with Gasteiger partial charge in [-0.25, -0.2) is 90.9 Å². The summed E-state index contributed by atoms with van der Waals surface area (Å²) >= 11 is 0. The molecule has 0 bridgehead atoms. The topological polar surface area (TPSA) is 415 Å². The molecule has 1 N–H and O–H groups in total. The molecule has 1 aliphatic heterocycles. The average molecular weight is 1830 g/mol. The zero-order valence-corrected chi connectivity index (χ0v) is 74.0. The largest absolute Gasteiger partial charge is 0.466 e. The highest BCUT2D eigenvalue weighted by Crippen LogP contribution is 2.42. The lowest BCUT2D eigenvalue weighted by Gasteiger charge is -2.20. The van der Waals surface area contributed by atoms with Gasteiger partial charge in [0.15, 0.2) is 22.7 Å². The predicted octanol–water partition coefficient (Wildman–Crippen LogP) is 13.5. The van der Waals surface area contributed by atoms with E-state index in [9.17, 15) is 68.4 Å². The normalized spacial score (nSPS) is 11.7. The Balaban J connectivity index is 0.000000165. The number of nitrogens with zero attached hydrogens (tertiary/aromatic N) is 10. The Morgan fingerprint density at radius 3 is 1.48 bits per heavy atom. The Morgan fingerprint density at radius 1 is 0.477 bits per heavy atom. The molecule has 3 radical (unpaired) electrons. The summed E-state index contributed by atoms with van der Waals surface area (Å²) in [5.74, 6) is 1.17. The highest BCUT2D eigenvalue weighted by Gasteiger charge is 2.40. The molecule has 0 saturated heterocycles. The molecule has 32 nitrogen and oxygen atoms in total. The predicted molar refractivity (Wildman–Crippen MR) is 497 cm³/mol. The van der Waals surface area contributed by atoms with E-state index in [0.29, 0.717) is 67.5 Å². The first-order chi connectivity index (χ1) is 62.5. The monoisotopic (exact) mass is 1830 g/mol. The van der Waals surface area contributed by atoms with Gasteiger partial charge in [-0.3, -0.25) is 19.3 Å². The van der Waals surface area contributed by atoms with Crippen LogP contribution < -0.4 is 0 Å². The van der Waals surface area contributed by atoms with Gasteiger partial charge in [-0.2, -0.15) is 0 Å². The van der Waals surface area contributed by atoms with E-state index in [1.54, 1.807) is 159 Å². The second-order valence-corrected chi connectivity index (χ2v) is 33.2. The van der Waals surface area contributed by atoms with Gasteiger partial charge in [0.05, 0.1) is 102 Å². The standard InChI is InChI=1S/C21H18N2O6S.C19H14N2O4S.C17H15N3O2.C15H12N2O2S.C13H10N2O.C6H6O4.C4H4O2.CH4.B/c1-28-20(24)15-10-11-16-17(18(15)21(25)29-2)14-9-6-12-22-19(14)23(16)30(26,27)13-7-4-3-5-8-13;1-25-19(22)15-9-5-11-16-17(15)14-10-6-12-20-18(14)21(16)26(23,24)13-7-3-2-4-8-13;1-3-9-20-16(21)11-6-7-12-13(14(11)17(20)22)10-5-4-8-18-15(10)19(12)2;1-2-13-11-12-7-6-10-16-15(12)17(13)20(18,19)14-8-4-3-5-9-14;1-8(16)9-4-2-6-11-12(9)10-5-3-7-14-13(10)15-11;1-9-5(7)3-4-6(8)10-2;1-3-4(5)6-2;;/h3-9,12H,10-11H2,1-2H3;2-12H,1H3;4-8H,3,9H2,1-2H3;2-11H,1H2;2-7H,1H3,(H,14,15);1-2H3;1H,2H3;1H4;. The Kier molecular flexibility index (Phi) is 31.5. The van der Waals surface area contributed by atoms with E-state index >= 15 is 0 Å². The molecule has 10 aromatic heterocycles. The number of nitrogens with one attached hydrogen (secondary N) is 1. The van der Waals surface area contributed by atoms with Crippen molar-refractivity contribution in [2.24, 2.45) is 7.05 Å². The van der Waals surface area contributed by atoms with Gasteiger partial charge in [-0.15, -0.1) is 6.42 Å². The summed E-state index contributed by atoms with van der Waals surface area (Å²) < 4.78 is 111. The van der Waals surface area contributed by atoms with Gasteiger partial charge < -0.3 is 38.0 Å². The van der Waals surface area contributed by atoms with E-state index in [1.807, 2.05) is 85.0 Å². The van der Waals surface area contributed by atoms with Crippen molar-refractivity contribution in [2.45, 2.75) is 55.2 Å². The maximum atomic E-state index is 13.5. The summed E-state index contributed by atoms with van der Waals surface area (Å²) in [6.07, 6.45) is 15.2. The first-order valence-corrected chi connectivity index (χ1v) is 43.5. The van der Waals surface area contributed by atoms with Crippen LogP contribution in [0.4, 0.5) is 0 Å². The van der Waals surface area contributed by atoms with Crippen LogP contribution in [0.3, 0.4) is 0 Å². The van der Waals surface area contributed by atoms with Gasteiger partial charge in [0.2, 0.25) is 0 Å². The SMILES string of the molecule is C.C#CC(=O)OC.C=Cc1cc2cccnc2n1S(=O)(=O)c1ccccc1.CC(=O)c1cccc2[nH]c3ncccc3c12.CCCN1C(=O)c2ccc3c(c2C1=O)c1cccnc1n3C.COC(=O)C#CC(=O)OC.COC(=O)C1=C(C(=O)OC)c2c(n(S(=O)(=O)c3ccccc3)c3ncccc23)CC1.COC(=O)c1cccc2c1c1cccnc1n2S(=O)(=O)c1ccccc1.[B]. The lowest BCUT2D eigenvalue weighted by Crippen LogP contribution is -2.30. The number of hydrogen-bond acceptors (Lipinski definition) is 26. The number of aromatic nitrogens is 10. The number of hydrogen-bond donors (Lipinski definition) is 1. The number of terminal acetylenes is 1. The lowest BCUT2D eigenvalue weighted by molar-refractivity contribution is -0.138. The number of Topliss-reactive ketones (excluding diaryl/α,β-unsaturated/α-hetero) is 1. The number of imide groups is 1. The number of ether oxygens (including phenoxy) is 6. The summed E-state index contributed by atoms with van der Waals surface area (Å²) in [7, 11) is -2.34. The van der Waals surface area contributed by atoms with E-state index < -0.39 is 65.9 Å². The minimum absolute atomic E-state index is 0. The molecule has 2 amide bonds. The first-order valence-electron chi connectivity index (χ1n) is 39.2. The van der Waals surface area contributed by atoms with Crippen molar-refractivity contribution in [1.82, 2.24) is 51.3 Å². The number of fused-ring (bicyclic) bond motifs is 15. The lowest BCUT2D eigenvalue weighted by atomic mass is 9.88. The number of aryl methyl sites for hydroxylation is 1. The van der Waals surface area contributed by atoms with E-state index in [-0.39, 0.29) is 83.4 Å². The van der Waals surface area contributed by atoms with Crippen LogP contribution >= 0.6 is 0 Å². The molecule has 6 aromatic carbocycles. The number of esters is 6. The van der Waals surface area contributed by atoms with E-state index in [1.165, 1.54) is 98.2 Å². The van der Waals surface area contributed by atoms with Gasteiger partial charge >= 0.3 is 35.8 Å². The van der Waals surface area contributed by atoms with Crippen LogP contribution in [0.2, 0.25) is 0 Å². The summed E-state index contributed by atoms with van der Waals surface area (Å²) in [5.41, 5.74) is 8.19. The van der Waals surface area contributed by atoms with Crippen LogP contribution in [0.15, 0.2) is 264 Å². The number of pyridine rings is 5. The number of aromatic amines is 1. The van der Waals surface area contributed by atoms with Crippen LogP contribution in [0.25, 0.3) is 99.5 Å². The van der Waals surface area contributed by atoms with Crippen molar-refractivity contribution >= 4 is 191 Å². The van der Waals surface area contributed by atoms with Crippen molar-refractivity contribution in [2.75, 3.05) is 49.2 Å². The minimum Gasteiger partial charge on any atom is -0.466 e. The Morgan fingerprint density at radius 2 is 0.962 bits per heavy atom. The minimum atomic E-state index is -4.00. The number of amides is 2. The second kappa shape index (κ2) is 42.5. The molecule has 132 heavy (non-hydrogen) atoms. The number of benzene rings is 6. The molecule has 0 fully saturated rings. The zero-order chi connectivity index (χ0) is 93.5. The third-order valence-electron chi connectivity index (χ3n) is 20.3. The molecule has 1 aliphatic carbocycles. The third-order valence-corrected chi connectivity index (χ3v) is 25.5. The molecule has 0 spiro atoms. The number of methoxy groups -OCH3 is 6. The van der Waals surface area contributed by atoms with Crippen molar-refractivity contribution in [3.8, 4) is 24.2 Å². The molecule has 2 aliphatic rings. The highest BCUT2D eigenvalue weighted by atomic mass is 32.2. The molecular formula is C96H83BN11O21S3. The fourth-order valence-corrected chi connectivity index (χ4v) is 19.2. The molecule has 11 heterocycles. The number of H-pyrrole nitrogens is 1. The molecule has 669 valence electrons. The number of carbonyl (C=O) groups excluding carboxylic acids is 9. The van der Waals surface area contributed by atoms with Crippen molar-refractivity contribution in [1.29, 1.82) is 0 Å². The number of ketones is 1. The highest BCUT2D eigenvalue weighted by molar-refractivity contribution is 7.90.